The van der Waals surface area contributed by atoms with Crippen LogP contribution in [-0.2, 0) is 11.3 Å². The molecule has 1 aromatic carbocycles. The van der Waals surface area contributed by atoms with Crippen molar-refractivity contribution in [1.29, 1.82) is 0 Å². The molecule has 0 spiro atoms. The largest absolute Gasteiger partial charge is 0.303 e. The Morgan fingerprint density at radius 3 is 2.81 bits per heavy atom. The number of hydrogen-bond acceptors (Lipinski definition) is 2. The van der Waals surface area contributed by atoms with E-state index in [-0.39, 0.29) is 17.5 Å². The molecule has 0 aliphatic carbocycles. The summed E-state index contributed by atoms with van der Waals surface area (Å²) in [5.74, 6) is -0.943. The molecule has 0 unspecified atom stereocenters. The molecule has 0 N–H and O–H groups in total. The van der Waals surface area contributed by atoms with Gasteiger partial charge in [0.05, 0.1) is 17.3 Å². The summed E-state index contributed by atoms with van der Waals surface area (Å²) in [4.78, 5) is 13.4. The molecule has 21 heavy (non-hydrogen) atoms. The molecule has 2 rings (SSSR count). The van der Waals surface area contributed by atoms with Gasteiger partial charge in [0.25, 0.3) is 5.91 Å². The molecule has 0 aliphatic rings. The van der Waals surface area contributed by atoms with Crippen LogP contribution in [0.1, 0.15) is 5.69 Å². The maximum absolute atomic E-state index is 13.6. The Bertz CT molecular complexity index is 696. The predicted molar refractivity (Wildman–Crippen MR) is 81.4 cm³/mol. The zero-order valence-electron chi connectivity index (χ0n) is 11.2. The van der Waals surface area contributed by atoms with E-state index in [0.29, 0.717) is 5.69 Å². The average molecular weight is 306 g/mol. The van der Waals surface area contributed by atoms with Gasteiger partial charge in [-0.15, -0.1) is 0 Å². The summed E-state index contributed by atoms with van der Waals surface area (Å²) in [5, 5.41) is 4.04. The van der Waals surface area contributed by atoms with Crippen molar-refractivity contribution >= 4 is 29.4 Å². The lowest BCUT2D eigenvalue weighted by Crippen LogP contribution is -2.29. The van der Waals surface area contributed by atoms with Crippen LogP contribution in [0.4, 0.5) is 10.1 Å². The van der Waals surface area contributed by atoms with Gasteiger partial charge in [0.2, 0.25) is 0 Å². The van der Waals surface area contributed by atoms with Gasteiger partial charge in [0.1, 0.15) is 5.82 Å². The Kier molecular flexibility index (Phi) is 4.55. The van der Waals surface area contributed by atoms with E-state index in [0.717, 1.165) is 5.69 Å². The Morgan fingerprint density at radius 1 is 1.43 bits per heavy atom. The summed E-state index contributed by atoms with van der Waals surface area (Å²) in [7, 11) is 0. The van der Waals surface area contributed by atoms with Gasteiger partial charge in [-0.3, -0.25) is 4.79 Å². The van der Waals surface area contributed by atoms with Crippen LogP contribution < -0.4 is 4.90 Å². The second-order valence-electron chi connectivity index (χ2n) is 4.18. The third-order valence-electron chi connectivity index (χ3n) is 2.90. The Labute approximate surface area is 126 Å². The number of carbonyl (C=O) groups excluding carboxylic acids is 1. The lowest BCUT2D eigenvalue weighted by molar-refractivity contribution is -0.114. The molecule has 0 atom stereocenters. The Balaban J connectivity index is 2.39. The second kappa shape index (κ2) is 6.37. The highest BCUT2D eigenvalue weighted by molar-refractivity contribution is 6.30. The van der Waals surface area contributed by atoms with Crippen LogP contribution in [-0.4, -0.2) is 15.7 Å². The van der Waals surface area contributed by atoms with Gasteiger partial charge in [-0.2, -0.15) is 5.10 Å². The number of nitrogens with zero attached hydrogens (tertiary/aromatic N) is 3. The van der Waals surface area contributed by atoms with Crippen molar-refractivity contribution in [3.8, 4) is 0 Å². The minimum atomic E-state index is -0.590. The number of halogens is 2. The van der Waals surface area contributed by atoms with Gasteiger partial charge in [-0.1, -0.05) is 24.8 Å². The molecule has 2 aromatic rings. The monoisotopic (exact) mass is 305 g/mol. The third kappa shape index (κ3) is 3.20. The highest BCUT2D eigenvalue weighted by Crippen LogP contribution is 2.23. The van der Waals surface area contributed by atoms with Crippen LogP contribution in [0.15, 0.2) is 49.7 Å². The smallest absolute Gasteiger partial charge is 0.250 e. The molecule has 6 heteroatoms. The SMILES string of the molecule is C=CC(=O)N(Cc1ccnn1C=C)c1ccc(Cl)c(F)c1. The molecule has 1 aromatic heterocycles. The van der Waals surface area contributed by atoms with E-state index >= 15 is 0 Å². The molecule has 108 valence electrons. The van der Waals surface area contributed by atoms with Crippen molar-refractivity contribution in [2.75, 3.05) is 4.90 Å². The number of hydrogen-bond donors (Lipinski definition) is 0. The van der Waals surface area contributed by atoms with Gasteiger partial charge in [-0.25, -0.2) is 9.07 Å². The molecule has 1 heterocycles. The number of aromatic nitrogens is 2. The van der Waals surface area contributed by atoms with Gasteiger partial charge in [0.15, 0.2) is 0 Å². The minimum absolute atomic E-state index is 0.000820. The minimum Gasteiger partial charge on any atom is -0.303 e. The van der Waals surface area contributed by atoms with E-state index in [1.165, 1.54) is 34.0 Å². The van der Waals surface area contributed by atoms with E-state index in [9.17, 15) is 9.18 Å². The van der Waals surface area contributed by atoms with Gasteiger partial charge < -0.3 is 4.90 Å². The van der Waals surface area contributed by atoms with E-state index in [1.807, 2.05) is 0 Å². The number of amides is 1. The summed E-state index contributed by atoms with van der Waals surface area (Å²) < 4.78 is 15.1. The topological polar surface area (TPSA) is 38.1 Å². The second-order valence-corrected chi connectivity index (χ2v) is 4.58. The van der Waals surface area contributed by atoms with E-state index in [1.54, 1.807) is 18.3 Å². The maximum Gasteiger partial charge on any atom is 0.250 e. The molecule has 0 bridgehead atoms. The average Bonchev–Trinajstić information content (AvgIpc) is 2.94. The zero-order valence-corrected chi connectivity index (χ0v) is 11.9. The van der Waals surface area contributed by atoms with E-state index in [4.69, 9.17) is 11.6 Å². The molecule has 0 saturated heterocycles. The quantitative estimate of drug-likeness (QED) is 0.793. The van der Waals surface area contributed by atoms with Crippen molar-refractivity contribution in [3.05, 3.63) is 66.2 Å². The zero-order chi connectivity index (χ0) is 15.4. The lowest BCUT2D eigenvalue weighted by atomic mass is 10.2. The fraction of sp³-hybridized carbons (Fsp3) is 0.0667. The Morgan fingerprint density at radius 2 is 2.19 bits per heavy atom. The highest BCUT2D eigenvalue weighted by atomic mass is 35.5. The van der Waals surface area contributed by atoms with Gasteiger partial charge >= 0.3 is 0 Å². The van der Waals surface area contributed by atoms with Crippen molar-refractivity contribution in [2.45, 2.75) is 6.54 Å². The molecular formula is C15H13ClFN3O. The van der Waals surface area contributed by atoms with Crippen LogP contribution in [0.25, 0.3) is 6.20 Å². The van der Waals surface area contributed by atoms with Crippen LogP contribution >= 0.6 is 11.6 Å². The maximum atomic E-state index is 13.6. The summed E-state index contributed by atoms with van der Waals surface area (Å²) in [6.45, 7) is 7.31. The summed E-state index contributed by atoms with van der Waals surface area (Å²) >= 11 is 5.66. The summed E-state index contributed by atoms with van der Waals surface area (Å²) in [5.41, 5.74) is 1.12. The molecule has 1 amide bonds. The summed E-state index contributed by atoms with van der Waals surface area (Å²) in [6, 6.07) is 5.93. The molecule has 0 fully saturated rings. The van der Waals surface area contributed by atoms with Crippen LogP contribution in [0, 0.1) is 5.82 Å². The first-order chi connectivity index (χ1) is 10.1. The number of carbonyl (C=O) groups is 1. The van der Waals surface area contributed by atoms with Crippen molar-refractivity contribution in [3.63, 3.8) is 0 Å². The van der Waals surface area contributed by atoms with Crippen molar-refractivity contribution in [1.82, 2.24) is 9.78 Å². The number of anilines is 1. The van der Waals surface area contributed by atoms with Gasteiger partial charge in [0, 0.05) is 18.1 Å². The number of rotatable bonds is 5. The first-order valence-corrected chi connectivity index (χ1v) is 6.48. The van der Waals surface area contributed by atoms with Crippen LogP contribution in [0.5, 0.6) is 0 Å². The highest BCUT2D eigenvalue weighted by Gasteiger charge is 2.16. The molecule has 0 radical (unpaired) electrons. The summed E-state index contributed by atoms with van der Waals surface area (Å²) in [6.07, 6.45) is 4.28. The Hall–Kier alpha value is -2.40. The normalized spacial score (nSPS) is 10.2. The first-order valence-electron chi connectivity index (χ1n) is 6.10. The van der Waals surface area contributed by atoms with Crippen molar-refractivity contribution in [2.24, 2.45) is 0 Å². The standard InChI is InChI=1S/C15H13ClFN3O/c1-3-15(21)19(10-12-7-8-18-20(12)4-2)11-5-6-13(16)14(17)9-11/h3-9H,1-2,10H2. The molecule has 4 nitrogen and oxygen atoms in total. The van der Waals surface area contributed by atoms with Gasteiger partial charge in [-0.05, 0) is 30.3 Å². The van der Waals surface area contributed by atoms with E-state index in [2.05, 4.69) is 18.3 Å². The van der Waals surface area contributed by atoms with Crippen LogP contribution in [0.3, 0.4) is 0 Å². The molecular weight excluding hydrogens is 293 g/mol. The lowest BCUT2D eigenvalue weighted by Gasteiger charge is -2.21. The predicted octanol–water partition coefficient (Wildman–Crippen LogP) is 3.50. The van der Waals surface area contributed by atoms with Crippen molar-refractivity contribution < 1.29 is 9.18 Å². The van der Waals surface area contributed by atoms with Crippen LogP contribution in [0.2, 0.25) is 5.02 Å². The number of benzene rings is 1. The fourth-order valence-electron chi connectivity index (χ4n) is 1.85. The third-order valence-corrected chi connectivity index (χ3v) is 3.21. The molecule has 0 saturated carbocycles. The van der Waals surface area contributed by atoms with E-state index < -0.39 is 5.82 Å². The fourth-order valence-corrected chi connectivity index (χ4v) is 1.97. The molecule has 0 aliphatic heterocycles. The first kappa shape index (κ1) is 15.0.